The second-order valence-corrected chi connectivity index (χ2v) is 13.4. The van der Waals surface area contributed by atoms with Crippen LogP contribution in [0.25, 0.3) is 0 Å². The lowest BCUT2D eigenvalue weighted by Crippen LogP contribution is -2.58. The Morgan fingerprint density at radius 3 is 2.47 bits per heavy atom. The number of aliphatic hydroxyl groups is 1. The van der Waals surface area contributed by atoms with Crippen LogP contribution in [0.5, 0.6) is 0 Å². The third-order valence-corrected chi connectivity index (χ3v) is 11.8. The average molecular weight is 415 g/mol. The predicted octanol–water partition coefficient (Wildman–Crippen LogP) is 6.65. The summed E-state index contributed by atoms with van der Waals surface area (Å²) in [6, 6.07) is 0. The largest absolute Gasteiger partial charge is 0.393 e. The highest BCUT2D eigenvalue weighted by Crippen LogP contribution is 2.79. The molecule has 5 unspecified atom stereocenters. The molecule has 0 aromatic carbocycles. The summed E-state index contributed by atoms with van der Waals surface area (Å²) in [5.74, 6) is 4.89. The molecule has 0 saturated heterocycles. The van der Waals surface area contributed by atoms with E-state index in [1.165, 1.54) is 44.9 Å². The first kappa shape index (κ1) is 21.5. The summed E-state index contributed by atoms with van der Waals surface area (Å²) >= 11 is 0. The van der Waals surface area contributed by atoms with E-state index in [1.807, 2.05) is 0 Å². The molecule has 10 atom stereocenters. The Hall–Kier alpha value is -0.370. The summed E-state index contributed by atoms with van der Waals surface area (Å²) in [4.78, 5) is 13.8. The van der Waals surface area contributed by atoms with E-state index < -0.39 is 0 Å². The highest BCUT2D eigenvalue weighted by atomic mass is 16.3. The summed E-state index contributed by atoms with van der Waals surface area (Å²) < 4.78 is 0. The van der Waals surface area contributed by atoms with Gasteiger partial charge in [-0.05, 0) is 97.2 Å². The number of hydrogen-bond acceptors (Lipinski definition) is 2. The maximum atomic E-state index is 13.8. The Morgan fingerprint density at radius 2 is 1.73 bits per heavy atom. The van der Waals surface area contributed by atoms with E-state index in [1.54, 1.807) is 0 Å². The van der Waals surface area contributed by atoms with Gasteiger partial charge in [-0.1, -0.05) is 53.9 Å². The van der Waals surface area contributed by atoms with Gasteiger partial charge in [-0.25, -0.2) is 0 Å². The van der Waals surface area contributed by atoms with Gasteiger partial charge in [-0.15, -0.1) is 0 Å². The van der Waals surface area contributed by atoms with Crippen molar-refractivity contribution in [2.24, 2.45) is 57.7 Å². The summed E-state index contributed by atoms with van der Waals surface area (Å²) in [5, 5.41) is 10.4. The monoisotopic (exact) mass is 414 g/mol. The fourth-order valence-electron chi connectivity index (χ4n) is 10.1. The van der Waals surface area contributed by atoms with Gasteiger partial charge in [0.25, 0.3) is 0 Å². The van der Waals surface area contributed by atoms with Crippen molar-refractivity contribution >= 4 is 5.78 Å². The third kappa shape index (κ3) is 2.80. The molecule has 1 N–H and O–H groups in total. The van der Waals surface area contributed by atoms with Crippen LogP contribution in [0, 0.1) is 57.7 Å². The number of rotatable bonds is 5. The molecule has 0 aliphatic heterocycles. The standard InChI is InChI=1S/C28H46O2/c1-17(2)7-6-8-18(3)20-9-10-21-24-22(12-13-26(20,21)4)27(5)14-11-19(29)15-28(27)16-23(28)25(24)30/h17-24,29H,6-16H2,1-5H3/t18?,19-,20?,21?,22?,23-,24?,26+,27+,28-/m0/s1. The molecular weight excluding hydrogens is 368 g/mol. The van der Waals surface area contributed by atoms with Crippen LogP contribution in [0.1, 0.15) is 105 Å². The van der Waals surface area contributed by atoms with Crippen molar-refractivity contribution in [2.45, 2.75) is 111 Å². The maximum Gasteiger partial charge on any atom is 0.140 e. The summed E-state index contributed by atoms with van der Waals surface area (Å²) in [7, 11) is 0. The number of carbonyl (C=O) groups is 1. The highest BCUT2D eigenvalue weighted by Gasteiger charge is 2.77. The van der Waals surface area contributed by atoms with E-state index in [0.29, 0.717) is 34.4 Å². The van der Waals surface area contributed by atoms with Crippen LogP contribution in [0.15, 0.2) is 0 Å². The molecule has 0 aromatic heterocycles. The minimum Gasteiger partial charge on any atom is -0.393 e. The fourth-order valence-corrected chi connectivity index (χ4v) is 10.1. The van der Waals surface area contributed by atoms with Gasteiger partial charge in [0, 0.05) is 11.8 Å². The van der Waals surface area contributed by atoms with Gasteiger partial charge in [-0.3, -0.25) is 4.79 Å². The number of aliphatic hydroxyl groups excluding tert-OH is 1. The molecule has 2 nitrogen and oxygen atoms in total. The number of ketones is 1. The number of Topliss-reactive ketones (excluding diaryl/α,β-unsaturated/α-hetero) is 1. The van der Waals surface area contributed by atoms with Gasteiger partial charge in [0.05, 0.1) is 6.10 Å². The number of carbonyl (C=O) groups excluding carboxylic acids is 1. The number of fused-ring (bicyclic) bond motifs is 4. The first-order chi connectivity index (χ1) is 14.1. The molecule has 0 amide bonds. The minimum atomic E-state index is -0.163. The topological polar surface area (TPSA) is 37.3 Å². The van der Waals surface area contributed by atoms with Crippen LogP contribution in [0.2, 0.25) is 0 Å². The van der Waals surface area contributed by atoms with E-state index in [4.69, 9.17) is 0 Å². The highest BCUT2D eigenvalue weighted by molar-refractivity contribution is 5.89. The molecule has 0 heterocycles. The van der Waals surface area contributed by atoms with Gasteiger partial charge in [0.2, 0.25) is 0 Å². The molecule has 5 saturated carbocycles. The van der Waals surface area contributed by atoms with Crippen molar-refractivity contribution < 1.29 is 9.90 Å². The zero-order chi connectivity index (χ0) is 21.5. The van der Waals surface area contributed by atoms with E-state index in [2.05, 4.69) is 34.6 Å². The van der Waals surface area contributed by atoms with Crippen molar-refractivity contribution in [3.63, 3.8) is 0 Å². The van der Waals surface area contributed by atoms with E-state index in [9.17, 15) is 9.90 Å². The zero-order valence-electron chi connectivity index (χ0n) is 20.3. The van der Waals surface area contributed by atoms with Crippen LogP contribution in [-0.4, -0.2) is 17.0 Å². The molecule has 170 valence electrons. The quantitative estimate of drug-likeness (QED) is 0.547. The molecule has 1 spiro atoms. The van der Waals surface area contributed by atoms with Crippen molar-refractivity contribution in [1.29, 1.82) is 0 Å². The van der Waals surface area contributed by atoms with Crippen LogP contribution >= 0.6 is 0 Å². The van der Waals surface area contributed by atoms with Crippen molar-refractivity contribution in [3.05, 3.63) is 0 Å². The first-order valence-electron chi connectivity index (χ1n) is 13.4. The predicted molar refractivity (Wildman–Crippen MR) is 122 cm³/mol. The third-order valence-electron chi connectivity index (χ3n) is 11.8. The Morgan fingerprint density at radius 1 is 0.967 bits per heavy atom. The zero-order valence-corrected chi connectivity index (χ0v) is 20.3. The van der Waals surface area contributed by atoms with Gasteiger partial charge in [-0.2, -0.15) is 0 Å². The Kier molecular flexibility index (Phi) is 5.06. The van der Waals surface area contributed by atoms with Crippen LogP contribution in [-0.2, 0) is 4.79 Å². The van der Waals surface area contributed by atoms with E-state index >= 15 is 0 Å². The minimum absolute atomic E-state index is 0.163. The first-order valence-corrected chi connectivity index (χ1v) is 13.4. The van der Waals surface area contributed by atoms with Gasteiger partial charge < -0.3 is 5.11 Å². The van der Waals surface area contributed by atoms with E-state index in [-0.39, 0.29) is 17.4 Å². The smallest absolute Gasteiger partial charge is 0.140 e. The van der Waals surface area contributed by atoms with Gasteiger partial charge in [0.15, 0.2) is 0 Å². The molecule has 0 aromatic rings. The van der Waals surface area contributed by atoms with Gasteiger partial charge in [0.1, 0.15) is 5.78 Å². The average Bonchev–Trinajstić information content (AvgIpc) is 3.29. The fraction of sp³-hybridized carbons (Fsp3) is 0.964. The van der Waals surface area contributed by atoms with Gasteiger partial charge >= 0.3 is 0 Å². The molecule has 5 fully saturated rings. The lowest BCUT2D eigenvalue weighted by atomic mass is 9.43. The van der Waals surface area contributed by atoms with Crippen molar-refractivity contribution in [1.82, 2.24) is 0 Å². The second-order valence-electron chi connectivity index (χ2n) is 13.4. The van der Waals surface area contributed by atoms with Crippen LogP contribution in [0.3, 0.4) is 0 Å². The molecular formula is C28H46O2. The second kappa shape index (κ2) is 7.06. The molecule has 2 heteroatoms. The summed E-state index contributed by atoms with van der Waals surface area (Å²) in [6.45, 7) is 12.3. The maximum absolute atomic E-state index is 13.8. The normalized spacial score (nSPS) is 53.0. The van der Waals surface area contributed by atoms with Crippen LogP contribution in [0.4, 0.5) is 0 Å². The number of hydrogen-bond donors (Lipinski definition) is 1. The summed E-state index contributed by atoms with van der Waals surface area (Å²) in [6.07, 6.45) is 13.3. The molecule has 5 aliphatic carbocycles. The molecule has 30 heavy (non-hydrogen) atoms. The lowest BCUT2D eigenvalue weighted by molar-refractivity contribution is -0.163. The SMILES string of the molecule is CC(C)CCCC(C)C1CCC2C3C(=O)[C@@H]4C[C@@]45C[C@@H](O)CC[C@]5(C)C3CC[C@]12C. The van der Waals surface area contributed by atoms with E-state index in [0.717, 1.165) is 43.4 Å². The molecule has 5 aliphatic rings. The lowest BCUT2D eigenvalue weighted by Gasteiger charge is -2.60. The van der Waals surface area contributed by atoms with Crippen molar-refractivity contribution in [2.75, 3.05) is 0 Å². The Balaban J connectivity index is 1.37. The molecule has 0 bridgehead atoms. The summed E-state index contributed by atoms with van der Waals surface area (Å²) in [5.41, 5.74) is 0.851. The van der Waals surface area contributed by atoms with Crippen LogP contribution < -0.4 is 0 Å². The molecule has 0 radical (unpaired) electrons. The van der Waals surface area contributed by atoms with Crippen molar-refractivity contribution in [3.8, 4) is 0 Å². The molecule has 5 rings (SSSR count). The Bertz CT molecular complexity index is 699. The Labute approximate surface area is 185 Å².